The summed E-state index contributed by atoms with van der Waals surface area (Å²) < 4.78 is 10.8. The molecule has 0 saturated carbocycles. The molecular weight excluding hydrogens is 368 g/mol. The number of benzene rings is 3. The van der Waals surface area contributed by atoms with Gasteiger partial charge >= 0.3 is 6.09 Å². The summed E-state index contributed by atoms with van der Waals surface area (Å²) in [4.78, 5) is 25.9. The van der Waals surface area contributed by atoms with Crippen molar-refractivity contribution in [2.75, 3.05) is 23.4 Å². The lowest BCUT2D eigenvalue weighted by atomic mass is 10.2. The predicted octanol–water partition coefficient (Wildman–Crippen LogP) is 4.47. The fourth-order valence-electron chi connectivity index (χ4n) is 3.05. The number of amides is 2. The van der Waals surface area contributed by atoms with Crippen molar-refractivity contribution < 1.29 is 19.1 Å². The molecule has 3 aromatic rings. The number of hydrogen-bond donors (Lipinski definition) is 1. The third-order valence-corrected chi connectivity index (χ3v) is 4.52. The van der Waals surface area contributed by atoms with Gasteiger partial charge in [-0.2, -0.15) is 0 Å². The van der Waals surface area contributed by atoms with Gasteiger partial charge in [-0.3, -0.25) is 9.69 Å². The molecule has 0 unspecified atom stereocenters. The molecule has 3 aromatic carbocycles. The van der Waals surface area contributed by atoms with Crippen LogP contribution >= 0.6 is 0 Å². The van der Waals surface area contributed by atoms with Gasteiger partial charge in [0.05, 0.1) is 6.54 Å². The average Bonchev–Trinajstić information content (AvgIpc) is 3.19. The molecule has 1 aliphatic rings. The highest BCUT2D eigenvalue weighted by molar-refractivity contribution is 6.05. The molecule has 0 aliphatic carbocycles. The van der Waals surface area contributed by atoms with Crippen LogP contribution in [0.1, 0.15) is 15.9 Å². The van der Waals surface area contributed by atoms with Crippen LogP contribution in [0.4, 0.5) is 16.2 Å². The fraction of sp³-hybridized carbons (Fsp3) is 0.130. The maximum absolute atomic E-state index is 12.7. The van der Waals surface area contributed by atoms with Crippen molar-refractivity contribution in [1.29, 1.82) is 0 Å². The molecule has 6 nitrogen and oxygen atoms in total. The lowest BCUT2D eigenvalue weighted by Gasteiger charge is -2.14. The molecule has 146 valence electrons. The number of cyclic esters (lactones) is 1. The summed E-state index contributed by atoms with van der Waals surface area (Å²) in [5.74, 6) is 0.367. The summed E-state index contributed by atoms with van der Waals surface area (Å²) in [7, 11) is 0. The Morgan fingerprint density at radius 2 is 1.83 bits per heavy atom. The first-order chi connectivity index (χ1) is 14.2. The second kappa shape index (κ2) is 8.48. The van der Waals surface area contributed by atoms with Crippen LogP contribution in [0.15, 0.2) is 78.9 Å². The maximum atomic E-state index is 12.7. The van der Waals surface area contributed by atoms with Gasteiger partial charge in [-0.1, -0.05) is 42.5 Å². The zero-order valence-corrected chi connectivity index (χ0v) is 15.7. The van der Waals surface area contributed by atoms with Crippen molar-refractivity contribution in [3.8, 4) is 5.75 Å². The zero-order chi connectivity index (χ0) is 20.1. The normalized spacial score (nSPS) is 13.1. The fourth-order valence-corrected chi connectivity index (χ4v) is 3.05. The molecule has 4 rings (SSSR count). The molecule has 0 aromatic heterocycles. The van der Waals surface area contributed by atoms with Crippen molar-refractivity contribution in [3.63, 3.8) is 0 Å². The van der Waals surface area contributed by atoms with Crippen molar-refractivity contribution in [2.24, 2.45) is 0 Å². The second-order valence-electron chi connectivity index (χ2n) is 6.57. The smallest absolute Gasteiger partial charge is 0.414 e. The highest BCUT2D eigenvalue weighted by atomic mass is 16.6. The number of carbonyl (C=O) groups excluding carboxylic acids is 2. The van der Waals surface area contributed by atoms with E-state index in [9.17, 15) is 9.59 Å². The molecule has 1 heterocycles. The van der Waals surface area contributed by atoms with Gasteiger partial charge in [0.2, 0.25) is 0 Å². The van der Waals surface area contributed by atoms with Crippen LogP contribution in [-0.2, 0) is 11.3 Å². The van der Waals surface area contributed by atoms with Gasteiger partial charge in [-0.25, -0.2) is 4.79 Å². The van der Waals surface area contributed by atoms with Crippen molar-refractivity contribution >= 4 is 23.4 Å². The van der Waals surface area contributed by atoms with Crippen LogP contribution in [0, 0.1) is 0 Å². The number of nitrogens with zero attached hydrogens (tertiary/aromatic N) is 1. The SMILES string of the molecule is O=C(Nc1cccc(N2CCOC2=O)c1)c1cccc(OCc2ccccc2)c1. The van der Waals surface area contributed by atoms with Crippen LogP contribution in [0.5, 0.6) is 5.75 Å². The number of hydrogen-bond acceptors (Lipinski definition) is 4. The molecule has 2 amide bonds. The minimum atomic E-state index is -0.378. The monoisotopic (exact) mass is 388 g/mol. The Bertz CT molecular complexity index is 1020. The molecule has 1 fully saturated rings. The molecule has 6 heteroatoms. The number of carbonyl (C=O) groups is 2. The third kappa shape index (κ3) is 4.55. The number of rotatable bonds is 6. The van der Waals surface area contributed by atoms with E-state index in [0.29, 0.717) is 42.4 Å². The quantitative estimate of drug-likeness (QED) is 0.676. The van der Waals surface area contributed by atoms with Gasteiger partial charge in [0.25, 0.3) is 5.91 Å². The van der Waals surface area contributed by atoms with E-state index in [-0.39, 0.29) is 12.0 Å². The largest absolute Gasteiger partial charge is 0.489 e. The van der Waals surface area contributed by atoms with E-state index in [2.05, 4.69) is 5.32 Å². The van der Waals surface area contributed by atoms with Crippen LogP contribution in [0.2, 0.25) is 0 Å². The van der Waals surface area contributed by atoms with Crippen LogP contribution < -0.4 is 15.0 Å². The second-order valence-corrected chi connectivity index (χ2v) is 6.57. The lowest BCUT2D eigenvalue weighted by Crippen LogP contribution is -2.23. The van der Waals surface area contributed by atoms with Gasteiger partial charge in [-0.05, 0) is 42.0 Å². The molecule has 1 aliphatic heterocycles. The van der Waals surface area contributed by atoms with Gasteiger partial charge in [-0.15, -0.1) is 0 Å². The Hall–Kier alpha value is -3.80. The summed E-state index contributed by atoms with van der Waals surface area (Å²) >= 11 is 0. The summed E-state index contributed by atoms with van der Waals surface area (Å²) in [5.41, 5.74) is 2.83. The Balaban J connectivity index is 1.43. The van der Waals surface area contributed by atoms with Crippen LogP contribution in [0.25, 0.3) is 0 Å². The molecule has 1 saturated heterocycles. The van der Waals surface area contributed by atoms with Crippen LogP contribution in [-0.4, -0.2) is 25.2 Å². The first kappa shape index (κ1) is 18.6. The summed E-state index contributed by atoms with van der Waals surface area (Å²) in [5, 5.41) is 2.86. The predicted molar refractivity (Wildman–Crippen MR) is 110 cm³/mol. The highest BCUT2D eigenvalue weighted by Crippen LogP contribution is 2.23. The van der Waals surface area contributed by atoms with Crippen molar-refractivity contribution in [2.45, 2.75) is 6.61 Å². The average molecular weight is 388 g/mol. The first-order valence-electron chi connectivity index (χ1n) is 9.31. The standard InChI is InChI=1S/C23H20N2O4/c26-22(24-19-9-5-10-20(15-19)25-12-13-28-23(25)27)18-8-4-11-21(14-18)29-16-17-6-2-1-3-7-17/h1-11,14-15H,12-13,16H2,(H,24,26). The Morgan fingerprint density at radius 1 is 1.00 bits per heavy atom. The summed E-state index contributed by atoms with van der Waals surface area (Å²) in [6.07, 6.45) is -0.378. The van der Waals surface area contributed by atoms with E-state index < -0.39 is 0 Å². The molecule has 0 radical (unpaired) electrons. The number of anilines is 2. The topological polar surface area (TPSA) is 67.9 Å². The van der Waals surface area contributed by atoms with Gasteiger partial charge < -0.3 is 14.8 Å². The van der Waals surface area contributed by atoms with Gasteiger partial charge in [0.15, 0.2) is 0 Å². The Labute approximate surface area is 168 Å². The van der Waals surface area contributed by atoms with E-state index in [0.717, 1.165) is 5.56 Å². The minimum Gasteiger partial charge on any atom is -0.489 e. The van der Waals surface area contributed by atoms with E-state index in [4.69, 9.17) is 9.47 Å². The Morgan fingerprint density at radius 3 is 2.62 bits per heavy atom. The maximum Gasteiger partial charge on any atom is 0.414 e. The van der Waals surface area contributed by atoms with E-state index in [1.54, 1.807) is 42.5 Å². The molecule has 29 heavy (non-hydrogen) atoms. The summed E-state index contributed by atoms with van der Waals surface area (Å²) in [6.45, 7) is 1.29. The molecule has 0 bridgehead atoms. The third-order valence-electron chi connectivity index (χ3n) is 4.52. The van der Waals surface area contributed by atoms with Crippen LogP contribution in [0.3, 0.4) is 0 Å². The van der Waals surface area contributed by atoms with E-state index in [1.165, 1.54) is 4.90 Å². The van der Waals surface area contributed by atoms with Gasteiger partial charge in [0.1, 0.15) is 19.0 Å². The lowest BCUT2D eigenvalue weighted by molar-refractivity contribution is 0.102. The molecular formula is C23H20N2O4. The first-order valence-corrected chi connectivity index (χ1v) is 9.31. The Kier molecular flexibility index (Phi) is 5.42. The summed E-state index contributed by atoms with van der Waals surface area (Å²) in [6, 6.07) is 24.0. The highest BCUT2D eigenvalue weighted by Gasteiger charge is 2.23. The van der Waals surface area contributed by atoms with Crippen molar-refractivity contribution in [1.82, 2.24) is 0 Å². The van der Waals surface area contributed by atoms with Gasteiger partial charge in [0, 0.05) is 16.9 Å². The minimum absolute atomic E-state index is 0.253. The molecule has 1 N–H and O–H groups in total. The zero-order valence-electron chi connectivity index (χ0n) is 15.7. The van der Waals surface area contributed by atoms with E-state index >= 15 is 0 Å². The number of nitrogens with one attached hydrogen (secondary N) is 1. The van der Waals surface area contributed by atoms with Crippen molar-refractivity contribution in [3.05, 3.63) is 90.0 Å². The van der Waals surface area contributed by atoms with E-state index in [1.807, 2.05) is 36.4 Å². The number of ether oxygens (including phenoxy) is 2. The molecule has 0 atom stereocenters. The molecule has 0 spiro atoms.